The number of fused-ring (bicyclic) bond motifs is 1. The summed E-state index contributed by atoms with van der Waals surface area (Å²) in [6.45, 7) is 6.51. The van der Waals surface area contributed by atoms with Crippen LogP contribution >= 0.6 is 0 Å². The normalized spacial score (nSPS) is 34.2. The first-order valence-corrected chi connectivity index (χ1v) is 9.91. The second kappa shape index (κ2) is 6.73. The van der Waals surface area contributed by atoms with Crippen LogP contribution in [0.1, 0.15) is 11.1 Å². The predicted octanol–water partition coefficient (Wildman–Crippen LogP) is 1.31. The van der Waals surface area contributed by atoms with Gasteiger partial charge in [-0.2, -0.15) is 0 Å². The van der Waals surface area contributed by atoms with E-state index in [-0.39, 0.29) is 17.4 Å². The number of amides is 1. The van der Waals surface area contributed by atoms with Crippen LogP contribution in [0.15, 0.2) is 54.9 Å². The van der Waals surface area contributed by atoms with Gasteiger partial charge in [0.1, 0.15) is 0 Å². The van der Waals surface area contributed by atoms with Gasteiger partial charge in [-0.15, -0.1) is 0 Å². The molecule has 4 bridgehead atoms. The van der Waals surface area contributed by atoms with Gasteiger partial charge in [0.25, 0.3) is 0 Å². The SMILES string of the molecule is O=C(Cc1cccnc1)N[C@@H]1C2CN3CCN(C2)CC1(c1ccccc1)C3. The van der Waals surface area contributed by atoms with E-state index in [4.69, 9.17) is 0 Å². The van der Waals surface area contributed by atoms with Crippen molar-refractivity contribution in [3.05, 3.63) is 66.0 Å². The van der Waals surface area contributed by atoms with E-state index in [1.165, 1.54) is 5.56 Å². The molecule has 6 rings (SSSR count). The number of carbonyl (C=O) groups excluding carboxylic acids is 1. The monoisotopic (exact) mass is 362 g/mol. The molecule has 1 N–H and O–H groups in total. The Morgan fingerprint density at radius 2 is 1.81 bits per heavy atom. The van der Waals surface area contributed by atoms with Gasteiger partial charge in [-0.1, -0.05) is 36.4 Å². The van der Waals surface area contributed by atoms with Crippen LogP contribution in [-0.2, 0) is 16.6 Å². The van der Waals surface area contributed by atoms with Crippen molar-refractivity contribution in [3.8, 4) is 0 Å². The van der Waals surface area contributed by atoms with E-state index < -0.39 is 0 Å². The molecule has 0 aliphatic carbocycles. The Labute approximate surface area is 160 Å². The Morgan fingerprint density at radius 1 is 1.07 bits per heavy atom. The van der Waals surface area contributed by atoms with Crippen molar-refractivity contribution in [1.29, 1.82) is 0 Å². The summed E-state index contributed by atoms with van der Waals surface area (Å²) < 4.78 is 0. The molecule has 27 heavy (non-hydrogen) atoms. The quantitative estimate of drug-likeness (QED) is 0.891. The summed E-state index contributed by atoms with van der Waals surface area (Å²) in [4.78, 5) is 22.2. The van der Waals surface area contributed by atoms with Crippen LogP contribution in [-0.4, -0.2) is 66.0 Å². The maximum Gasteiger partial charge on any atom is 0.224 e. The van der Waals surface area contributed by atoms with E-state index in [9.17, 15) is 4.79 Å². The molecule has 0 radical (unpaired) electrons. The lowest BCUT2D eigenvalue weighted by atomic mass is 9.64. The fraction of sp³-hybridized carbons (Fsp3) is 0.455. The van der Waals surface area contributed by atoms with Gasteiger partial charge in [-0.25, -0.2) is 0 Å². The molecule has 140 valence electrons. The van der Waals surface area contributed by atoms with Gasteiger partial charge in [-0.3, -0.25) is 9.78 Å². The van der Waals surface area contributed by atoms with E-state index in [0.29, 0.717) is 12.3 Å². The number of benzene rings is 1. The Balaban J connectivity index is 1.45. The zero-order valence-electron chi connectivity index (χ0n) is 15.6. The molecule has 0 saturated carbocycles. The van der Waals surface area contributed by atoms with Crippen molar-refractivity contribution in [2.75, 3.05) is 39.3 Å². The lowest BCUT2D eigenvalue weighted by Crippen LogP contribution is -2.70. The molecule has 1 amide bonds. The van der Waals surface area contributed by atoms with Gasteiger partial charge in [-0.05, 0) is 17.2 Å². The highest BCUT2D eigenvalue weighted by Crippen LogP contribution is 2.43. The van der Waals surface area contributed by atoms with Crippen molar-refractivity contribution in [2.24, 2.45) is 5.92 Å². The molecular weight excluding hydrogens is 336 g/mol. The zero-order valence-corrected chi connectivity index (χ0v) is 15.6. The number of pyridine rings is 1. The minimum Gasteiger partial charge on any atom is -0.352 e. The molecule has 1 aromatic heterocycles. The van der Waals surface area contributed by atoms with Gasteiger partial charge < -0.3 is 15.1 Å². The van der Waals surface area contributed by atoms with E-state index in [1.807, 2.05) is 12.1 Å². The fourth-order valence-electron chi connectivity index (χ4n) is 5.48. The lowest BCUT2D eigenvalue weighted by Gasteiger charge is -2.55. The number of nitrogens with zero attached hydrogens (tertiary/aromatic N) is 3. The summed E-state index contributed by atoms with van der Waals surface area (Å²) in [5.74, 6) is 0.590. The maximum absolute atomic E-state index is 12.9. The zero-order chi connectivity index (χ0) is 18.3. The van der Waals surface area contributed by atoms with Crippen LogP contribution in [0.4, 0.5) is 0 Å². The molecule has 4 aliphatic heterocycles. The largest absolute Gasteiger partial charge is 0.352 e. The fourth-order valence-corrected chi connectivity index (χ4v) is 5.48. The predicted molar refractivity (Wildman–Crippen MR) is 104 cm³/mol. The minimum absolute atomic E-state index is 0.0243. The molecule has 5 heterocycles. The number of hydrogen-bond donors (Lipinski definition) is 1. The van der Waals surface area contributed by atoms with Crippen LogP contribution in [0.5, 0.6) is 0 Å². The average Bonchev–Trinajstić information content (AvgIpc) is 2.94. The van der Waals surface area contributed by atoms with Crippen LogP contribution < -0.4 is 5.32 Å². The number of rotatable bonds is 4. The van der Waals surface area contributed by atoms with Gasteiger partial charge in [0.15, 0.2) is 0 Å². The van der Waals surface area contributed by atoms with Crippen molar-refractivity contribution in [3.63, 3.8) is 0 Å². The number of carbonyl (C=O) groups is 1. The number of hydrogen-bond acceptors (Lipinski definition) is 4. The number of aromatic nitrogens is 1. The Morgan fingerprint density at radius 3 is 2.48 bits per heavy atom. The number of nitrogens with one attached hydrogen (secondary N) is 1. The standard InChI is InChI=1S/C22H26N4O/c27-20(11-17-5-4-8-23-12-17)24-21-18-13-25-9-10-26(14-18)16-22(21,15-25)19-6-2-1-3-7-19/h1-8,12,18,21H,9-11,13-16H2,(H,24,27)/t18?,21-,22?/m1/s1. The minimum atomic E-state index is -0.0243. The molecule has 5 heteroatoms. The summed E-state index contributed by atoms with van der Waals surface area (Å²) in [6, 6.07) is 14.9. The van der Waals surface area contributed by atoms with Crippen LogP contribution in [0.3, 0.4) is 0 Å². The van der Waals surface area contributed by atoms with Crippen molar-refractivity contribution >= 4 is 5.91 Å². The molecule has 1 aromatic carbocycles. The topological polar surface area (TPSA) is 48.5 Å². The lowest BCUT2D eigenvalue weighted by molar-refractivity contribution is -0.123. The molecule has 4 saturated heterocycles. The van der Waals surface area contributed by atoms with Gasteiger partial charge in [0.05, 0.1) is 6.42 Å². The summed E-state index contributed by atoms with van der Waals surface area (Å²) in [5, 5.41) is 3.46. The van der Waals surface area contributed by atoms with E-state index in [0.717, 1.165) is 44.8 Å². The third kappa shape index (κ3) is 3.05. The molecule has 4 aliphatic rings. The molecule has 5 nitrogen and oxygen atoms in total. The smallest absolute Gasteiger partial charge is 0.224 e. The Bertz CT molecular complexity index is 794. The van der Waals surface area contributed by atoms with Crippen LogP contribution in [0, 0.1) is 5.92 Å². The Hall–Kier alpha value is -2.24. The van der Waals surface area contributed by atoms with Gasteiger partial charge >= 0.3 is 0 Å². The first-order valence-electron chi connectivity index (χ1n) is 9.91. The molecule has 4 fully saturated rings. The summed E-state index contributed by atoms with van der Waals surface area (Å²) in [5.41, 5.74) is 2.30. The van der Waals surface area contributed by atoms with Crippen molar-refractivity contribution in [2.45, 2.75) is 17.9 Å². The highest BCUT2D eigenvalue weighted by atomic mass is 16.1. The number of piperidine rings is 2. The Kier molecular flexibility index (Phi) is 4.21. The third-order valence-electron chi connectivity index (χ3n) is 6.55. The second-order valence-electron chi connectivity index (χ2n) is 8.34. The third-order valence-corrected chi connectivity index (χ3v) is 6.55. The highest BCUT2D eigenvalue weighted by molar-refractivity contribution is 5.79. The molecular formula is C22H26N4O. The average molecular weight is 362 g/mol. The first-order chi connectivity index (χ1) is 13.2. The van der Waals surface area contributed by atoms with E-state index >= 15 is 0 Å². The maximum atomic E-state index is 12.9. The summed E-state index contributed by atoms with van der Waals surface area (Å²) >= 11 is 0. The van der Waals surface area contributed by atoms with Crippen LogP contribution in [0.25, 0.3) is 0 Å². The van der Waals surface area contributed by atoms with Crippen LogP contribution in [0.2, 0.25) is 0 Å². The van der Waals surface area contributed by atoms with Gasteiger partial charge in [0, 0.05) is 69.0 Å². The van der Waals surface area contributed by atoms with Gasteiger partial charge in [0.2, 0.25) is 5.91 Å². The van der Waals surface area contributed by atoms with E-state index in [1.54, 1.807) is 12.4 Å². The first kappa shape index (κ1) is 16.9. The summed E-state index contributed by atoms with van der Waals surface area (Å²) in [6.07, 6.45) is 3.93. The van der Waals surface area contributed by atoms with Crippen molar-refractivity contribution in [1.82, 2.24) is 20.1 Å². The summed E-state index contributed by atoms with van der Waals surface area (Å²) in [7, 11) is 0. The highest BCUT2D eigenvalue weighted by Gasteiger charge is 2.55. The van der Waals surface area contributed by atoms with Crippen molar-refractivity contribution < 1.29 is 4.79 Å². The molecule has 2 aromatic rings. The second-order valence-corrected chi connectivity index (χ2v) is 8.34. The molecule has 0 spiro atoms. The van der Waals surface area contributed by atoms with E-state index in [2.05, 4.69) is 50.4 Å². The molecule has 2 unspecified atom stereocenters. The molecule has 3 atom stereocenters.